The monoisotopic (exact) mass is 466 g/mol. The average molecular weight is 467 g/mol. The second-order valence-corrected chi connectivity index (χ2v) is 8.67. The molecule has 172 valence electrons. The van der Waals surface area contributed by atoms with E-state index in [9.17, 15) is 22.8 Å². The van der Waals surface area contributed by atoms with Crippen molar-refractivity contribution in [1.29, 1.82) is 0 Å². The summed E-state index contributed by atoms with van der Waals surface area (Å²) in [5.41, 5.74) is -2.89. The van der Waals surface area contributed by atoms with Crippen molar-refractivity contribution >= 4 is 23.6 Å². The van der Waals surface area contributed by atoms with Crippen molar-refractivity contribution < 1.29 is 27.5 Å². The highest BCUT2D eigenvalue weighted by molar-refractivity contribution is 8.00. The zero-order valence-electron chi connectivity index (χ0n) is 17.5. The quantitative estimate of drug-likeness (QED) is 0.454. The lowest BCUT2D eigenvalue weighted by Crippen LogP contribution is -2.37. The lowest BCUT2D eigenvalue weighted by atomic mass is 10.1. The van der Waals surface area contributed by atoms with E-state index in [4.69, 9.17) is 4.74 Å². The minimum absolute atomic E-state index is 0.0470. The molecule has 0 radical (unpaired) electrons. The third-order valence-electron chi connectivity index (χ3n) is 5.02. The molecule has 1 fully saturated rings. The zero-order valence-corrected chi connectivity index (χ0v) is 18.3. The van der Waals surface area contributed by atoms with E-state index in [1.54, 1.807) is 11.0 Å². The van der Waals surface area contributed by atoms with Crippen LogP contribution in [-0.4, -0.2) is 59.9 Å². The van der Waals surface area contributed by atoms with Gasteiger partial charge in [0, 0.05) is 31.1 Å². The summed E-state index contributed by atoms with van der Waals surface area (Å²) < 4.78 is 43.1. The van der Waals surface area contributed by atoms with Gasteiger partial charge in [0.25, 0.3) is 0 Å². The minimum atomic E-state index is -4.36. The third kappa shape index (κ3) is 8.20. The van der Waals surface area contributed by atoms with Crippen LogP contribution in [0.1, 0.15) is 17.5 Å². The topological polar surface area (TPSA) is 49.9 Å². The lowest BCUT2D eigenvalue weighted by molar-refractivity contribution is -0.146. The number of ether oxygens (including phenoxy) is 1. The normalized spacial score (nSPS) is 15.3. The van der Waals surface area contributed by atoms with Gasteiger partial charge >= 0.3 is 11.5 Å². The van der Waals surface area contributed by atoms with Gasteiger partial charge in [-0.15, -0.1) is 0 Å². The van der Waals surface area contributed by atoms with Gasteiger partial charge in [-0.05, 0) is 41.4 Å². The number of benzene rings is 2. The van der Waals surface area contributed by atoms with Crippen LogP contribution in [-0.2, 0) is 27.4 Å². The molecule has 1 amide bonds. The number of rotatable bonds is 7. The lowest BCUT2D eigenvalue weighted by Gasteiger charge is -2.22. The third-order valence-corrected chi connectivity index (χ3v) is 5.75. The summed E-state index contributed by atoms with van der Waals surface area (Å²) >= 11 is -0.186. The van der Waals surface area contributed by atoms with Gasteiger partial charge < -0.3 is 9.64 Å². The highest BCUT2D eigenvalue weighted by atomic mass is 32.2. The smallest absolute Gasteiger partial charge is 0.446 e. The molecule has 1 aliphatic rings. The number of alkyl halides is 3. The maximum atomic E-state index is 12.7. The number of nitrogens with zero attached hydrogens (tertiary/aromatic N) is 2. The van der Waals surface area contributed by atoms with Gasteiger partial charge in [-0.3, -0.25) is 14.5 Å². The van der Waals surface area contributed by atoms with Crippen LogP contribution in [0.2, 0.25) is 0 Å². The summed E-state index contributed by atoms with van der Waals surface area (Å²) in [6.07, 6.45) is 0.757. The van der Waals surface area contributed by atoms with Crippen molar-refractivity contribution in [3.63, 3.8) is 0 Å². The van der Waals surface area contributed by atoms with E-state index >= 15 is 0 Å². The van der Waals surface area contributed by atoms with Crippen LogP contribution in [0.5, 0.6) is 0 Å². The molecule has 0 saturated carbocycles. The molecule has 2 aromatic rings. The molecule has 1 aliphatic heterocycles. The number of halogens is 3. The van der Waals surface area contributed by atoms with Gasteiger partial charge in [0.15, 0.2) is 0 Å². The summed E-state index contributed by atoms with van der Waals surface area (Å²) in [6, 6.07) is 15.4. The molecule has 32 heavy (non-hydrogen) atoms. The number of thioether (sulfide) groups is 1. The van der Waals surface area contributed by atoms with Crippen LogP contribution in [0.3, 0.4) is 0 Å². The SMILES string of the molecule is O=C(CN1CCCN(C(=O)Cc2cccc(SC(F)(F)F)c2)CC1)OCc1ccccc1. The standard InChI is InChI=1S/C23H25F3N2O3S/c24-23(25,26)32-20-9-4-8-19(14-20)15-21(29)28-11-5-10-27(12-13-28)16-22(30)31-17-18-6-2-1-3-7-18/h1-4,6-9,14H,5,10-13,15-17H2. The molecule has 1 saturated heterocycles. The molecule has 0 atom stereocenters. The first-order valence-electron chi connectivity index (χ1n) is 10.3. The van der Waals surface area contributed by atoms with Crippen molar-refractivity contribution in [2.45, 2.75) is 29.9 Å². The van der Waals surface area contributed by atoms with Crippen LogP contribution in [0, 0.1) is 0 Å². The van der Waals surface area contributed by atoms with Crippen molar-refractivity contribution in [2.24, 2.45) is 0 Å². The minimum Gasteiger partial charge on any atom is -0.460 e. The first-order valence-corrected chi connectivity index (χ1v) is 11.1. The van der Waals surface area contributed by atoms with E-state index in [0.717, 1.165) is 5.56 Å². The van der Waals surface area contributed by atoms with Gasteiger partial charge in [-0.25, -0.2) is 0 Å². The van der Waals surface area contributed by atoms with E-state index in [1.165, 1.54) is 18.2 Å². The Kier molecular flexibility index (Phi) is 8.58. The van der Waals surface area contributed by atoms with Gasteiger partial charge in [0.1, 0.15) is 6.61 Å². The Balaban J connectivity index is 1.45. The fraction of sp³-hybridized carbons (Fsp3) is 0.391. The van der Waals surface area contributed by atoms with E-state index in [1.807, 2.05) is 35.2 Å². The zero-order chi connectivity index (χ0) is 23.0. The molecular weight excluding hydrogens is 441 g/mol. The van der Waals surface area contributed by atoms with E-state index in [2.05, 4.69) is 0 Å². The summed E-state index contributed by atoms with van der Waals surface area (Å²) in [4.78, 5) is 28.6. The maximum Gasteiger partial charge on any atom is 0.446 e. The first-order chi connectivity index (χ1) is 15.3. The number of carbonyl (C=O) groups is 2. The van der Waals surface area contributed by atoms with Crippen LogP contribution in [0.15, 0.2) is 59.5 Å². The Hall–Kier alpha value is -2.52. The molecule has 5 nitrogen and oxygen atoms in total. The summed E-state index contributed by atoms with van der Waals surface area (Å²) in [6.45, 7) is 2.60. The maximum absolute atomic E-state index is 12.7. The Bertz CT molecular complexity index is 909. The number of carbonyl (C=O) groups excluding carboxylic acids is 2. The molecule has 1 heterocycles. The largest absolute Gasteiger partial charge is 0.460 e. The molecule has 2 aromatic carbocycles. The fourth-order valence-corrected chi connectivity index (χ4v) is 4.11. The van der Waals surface area contributed by atoms with Crippen LogP contribution >= 0.6 is 11.8 Å². The molecule has 0 aliphatic carbocycles. The summed E-state index contributed by atoms with van der Waals surface area (Å²) in [5.74, 6) is -0.444. The molecule has 0 N–H and O–H groups in total. The number of hydrogen-bond acceptors (Lipinski definition) is 5. The van der Waals surface area contributed by atoms with Crippen LogP contribution in [0.25, 0.3) is 0 Å². The van der Waals surface area contributed by atoms with Crippen LogP contribution in [0.4, 0.5) is 13.2 Å². The van der Waals surface area contributed by atoms with Gasteiger partial charge in [-0.2, -0.15) is 13.2 Å². The first kappa shape index (κ1) is 24.1. The molecular formula is C23H25F3N2O3S. The predicted molar refractivity (Wildman–Crippen MR) is 116 cm³/mol. The van der Waals surface area contributed by atoms with Gasteiger partial charge in [-0.1, -0.05) is 42.5 Å². The fourth-order valence-electron chi connectivity index (χ4n) is 3.48. The Labute approximate surface area is 189 Å². The molecule has 9 heteroatoms. The predicted octanol–water partition coefficient (Wildman–Crippen LogP) is 4.12. The molecule has 0 unspecified atom stereocenters. The average Bonchev–Trinajstić information content (AvgIpc) is 2.98. The van der Waals surface area contributed by atoms with Crippen LogP contribution < -0.4 is 0 Å². The number of hydrogen-bond donors (Lipinski definition) is 0. The van der Waals surface area contributed by atoms with Crippen molar-refractivity contribution in [3.8, 4) is 0 Å². The van der Waals surface area contributed by atoms with Gasteiger partial charge in [0.2, 0.25) is 5.91 Å². The number of esters is 1. The van der Waals surface area contributed by atoms with Crippen molar-refractivity contribution in [1.82, 2.24) is 9.80 Å². The van der Waals surface area contributed by atoms with E-state index in [0.29, 0.717) is 38.2 Å². The van der Waals surface area contributed by atoms with E-state index in [-0.39, 0.29) is 48.1 Å². The molecule has 0 aromatic heterocycles. The molecule has 0 spiro atoms. The molecule has 3 rings (SSSR count). The Morgan fingerprint density at radius 1 is 0.938 bits per heavy atom. The van der Waals surface area contributed by atoms with Crippen molar-refractivity contribution in [2.75, 3.05) is 32.7 Å². The second-order valence-electron chi connectivity index (χ2n) is 7.53. The van der Waals surface area contributed by atoms with Gasteiger partial charge in [0.05, 0.1) is 13.0 Å². The number of amides is 1. The van der Waals surface area contributed by atoms with Crippen molar-refractivity contribution in [3.05, 3.63) is 65.7 Å². The highest BCUT2D eigenvalue weighted by Crippen LogP contribution is 2.37. The Morgan fingerprint density at radius 2 is 1.69 bits per heavy atom. The molecule has 0 bridgehead atoms. The highest BCUT2D eigenvalue weighted by Gasteiger charge is 2.29. The van der Waals surface area contributed by atoms with E-state index < -0.39 is 5.51 Å². The second kappa shape index (κ2) is 11.4. The summed E-state index contributed by atoms with van der Waals surface area (Å²) in [5, 5.41) is 0. The Morgan fingerprint density at radius 3 is 2.44 bits per heavy atom. The summed E-state index contributed by atoms with van der Waals surface area (Å²) in [7, 11) is 0.